The molecule has 2 unspecified atom stereocenters. The number of carbonyl (C=O) groups is 1. The summed E-state index contributed by atoms with van der Waals surface area (Å²) in [5, 5.41) is 16.7. The van der Waals surface area contributed by atoms with Crippen LogP contribution in [-0.4, -0.2) is 33.4 Å². The van der Waals surface area contributed by atoms with Gasteiger partial charge in [0.15, 0.2) is 0 Å². The van der Waals surface area contributed by atoms with Crippen LogP contribution >= 0.6 is 0 Å². The lowest BCUT2D eigenvalue weighted by atomic mass is 9.85. The monoisotopic (exact) mass is 325 g/mol. The molecular formula is C19H23N3O2. The van der Waals surface area contributed by atoms with Gasteiger partial charge in [0, 0.05) is 36.4 Å². The number of aliphatic hydroxyl groups is 1. The SMILES string of the molecule is O=C(/C=C/c1cnn(-c2ccccc2)c1)NC1CCCCC1CO. The molecule has 5 heteroatoms. The van der Waals surface area contributed by atoms with Crippen LogP contribution in [-0.2, 0) is 4.79 Å². The molecule has 2 aromatic rings. The number of nitrogens with zero attached hydrogens (tertiary/aromatic N) is 2. The second kappa shape index (κ2) is 7.93. The molecule has 1 fully saturated rings. The van der Waals surface area contributed by atoms with Crippen LogP contribution in [0.4, 0.5) is 0 Å². The zero-order valence-corrected chi connectivity index (χ0v) is 13.6. The summed E-state index contributed by atoms with van der Waals surface area (Å²) in [4.78, 5) is 12.1. The highest BCUT2D eigenvalue weighted by atomic mass is 16.3. The van der Waals surface area contributed by atoms with E-state index < -0.39 is 0 Å². The molecule has 0 aliphatic heterocycles. The van der Waals surface area contributed by atoms with E-state index in [1.165, 1.54) is 6.08 Å². The van der Waals surface area contributed by atoms with Crippen molar-refractivity contribution in [1.29, 1.82) is 0 Å². The maximum absolute atomic E-state index is 12.1. The number of carbonyl (C=O) groups excluding carboxylic acids is 1. The molecule has 1 aliphatic carbocycles. The minimum Gasteiger partial charge on any atom is -0.396 e. The van der Waals surface area contributed by atoms with E-state index in [0.29, 0.717) is 0 Å². The summed E-state index contributed by atoms with van der Waals surface area (Å²) in [6.07, 6.45) is 11.1. The molecule has 1 saturated carbocycles. The van der Waals surface area contributed by atoms with Gasteiger partial charge in [-0.1, -0.05) is 31.0 Å². The fourth-order valence-corrected chi connectivity index (χ4v) is 3.16. The van der Waals surface area contributed by atoms with Gasteiger partial charge < -0.3 is 10.4 Å². The highest BCUT2D eigenvalue weighted by Crippen LogP contribution is 2.23. The third kappa shape index (κ3) is 4.11. The smallest absolute Gasteiger partial charge is 0.244 e. The van der Waals surface area contributed by atoms with Gasteiger partial charge in [-0.3, -0.25) is 4.79 Å². The van der Waals surface area contributed by atoms with Crippen LogP contribution in [0.25, 0.3) is 11.8 Å². The number of aliphatic hydroxyl groups excluding tert-OH is 1. The fourth-order valence-electron chi connectivity index (χ4n) is 3.16. The van der Waals surface area contributed by atoms with Crippen LogP contribution in [0.3, 0.4) is 0 Å². The van der Waals surface area contributed by atoms with Crippen molar-refractivity contribution in [3.8, 4) is 5.69 Å². The van der Waals surface area contributed by atoms with Crippen LogP contribution in [0.1, 0.15) is 31.2 Å². The largest absolute Gasteiger partial charge is 0.396 e. The molecule has 0 saturated heterocycles. The number of hydrogen-bond acceptors (Lipinski definition) is 3. The summed E-state index contributed by atoms with van der Waals surface area (Å²) in [7, 11) is 0. The Morgan fingerprint density at radius 2 is 2.08 bits per heavy atom. The second-order valence-corrected chi connectivity index (χ2v) is 6.23. The quantitative estimate of drug-likeness (QED) is 0.830. The van der Waals surface area contributed by atoms with Crippen LogP contribution in [0.2, 0.25) is 0 Å². The Bertz CT molecular complexity index is 694. The molecule has 2 atom stereocenters. The van der Waals surface area contributed by atoms with Gasteiger partial charge in [-0.25, -0.2) is 4.68 Å². The predicted octanol–water partition coefficient (Wildman–Crippen LogP) is 2.55. The lowest BCUT2D eigenvalue weighted by Gasteiger charge is -2.30. The normalized spacial score (nSPS) is 21.0. The minimum absolute atomic E-state index is 0.0768. The van der Waals surface area contributed by atoms with E-state index >= 15 is 0 Å². The molecule has 0 bridgehead atoms. The van der Waals surface area contributed by atoms with Crippen LogP contribution in [0.15, 0.2) is 48.8 Å². The van der Waals surface area contributed by atoms with E-state index in [2.05, 4.69) is 10.4 Å². The van der Waals surface area contributed by atoms with Crippen LogP contribution < -0.4 is 5.32 Å². The first kappa shape index (κ1) is 16.5. The van der Waals surface area contributed by atoms with Crippen molar-refractivity contribution in [1.82, 2.24) is 15.1 Å². The van der Waals surface area contributed by atoms with E-state index in [9.17, 15) is 9.90 Å². The first-order valence-electron chi connectivity index (χ1n) is 8.46. The van der Waals surface area contributed by atoms with Gasteiger partial charge in [-0.15, -0.1) is 0 Å². The summed E-state index contributed by atoms with van der Waals surface area (Å²) in [5.41, 5.74) is 1.85. The van der Waals surface area contributed by atoms with Crippen molar-refractivity contribution in [2.24, 2.45) is 5.92 Å². The van der Waals surface area contributed by atoms with Gasteiger partial charge in [-0.05, 0) is 31.1 Å². The number of rotatable bonds is 5. The Morgan fingerprint density at radius 3 is 2.88 bits per heavy atom. The van der Waals surface area contributed by atoms with Crippen molar-refractivity contribution in [3.05, 3.63) is 54.4 Å². The summed E-state index contributed by atoms with van der Waals surface area (Å²) < 4.78 is 1.78. The van der Waals surface area contributed by atoms with E-state index in [4.69, 9.17) is 0 Å². The summed E-state index contributed by atoms with van der Waals surface area (Å²) >= 11 is 0. The van der Waals surface area contributed by atoms with E-state index in [1.807, 2.05) is 36.5 Å². The van der Waals surface area contributed by atoms with Gasteiger partial charge in [0.25, 0.3) is 0 Å². The molecule has 0 spiro atoms. The van der Waals surface area contributed by atoms with Crippen LogP contribution in [0.5, 0.6) is 0 Å². The molecule has 24 heavy (non-hydrogen) atoms. The first-order chi connectivity index (χ1) is 11.8. The molecule has 0 radical (unpaired) electrons. The summed E-state index contributed by atoms with van der Waals surface area (Å²) in [6.45, 7) is 0.137. The fraction of sp³-hybridized carbons (Fsp3) is 0.368. The summed E-state index contributed by atoms with van der Waals surface area (Å²) in [5.74, 6) is 0.0599. The molecule has 1 heterocycles. The van der Waals surface area contributed by atoms with Gasteiger partial charge >= 0.3 is 0 Å². The first-order valence-corrected chi connectivity index (χ1v) is 8.46. The second-order valence-electron chi connectivity index (χ2n) is 6.23. The third-order valence-electron chi connectivity index (χ3n) is 4.52. The Hall–Kier alpha value is -2.40. The van der Waals surface area contributed by atoms with Crippen LogP contribution in [0, 0.1) is 5.92 Å². The van der Waals surface area contributed by atoms with Gasteiger partial charge in [0.2, 0.25) is 5.91 Å². The van der Waals surface area contributed by atoms with E-state index in [1.54, 1.807) is 17.0 Å². The average Bonchev–Trinajstić information content (AvgIpc) is 3.10. The number of hydrogen-bond donors (Lipinski definition) is 2. The number of benzene rings is 1. The molecule has 3 rings (SSSR count). The zero-order valence-electron chi connectivity index (χ0n) is 13.6. The topological polar surface area (TPSA) is 67.2 Å². The Balaban J connectivity index is 1.59. The Labute approximate surface area is 142 Å². The number of para-hydroxylation sites is 1. The third-order valence-corrected chi connectivity index (χ3v) is 4.52. The minimum atomic E-state index is -0.118. The maximum atomic E-state index is 12.1. The average molecular weight is 325 g/mol. The molecule has 126 valence electrons. The number of nitrogens with one attached hydrogen (secondary N) is 1. The Kier molecular flexibility index (Phi) is 5.43. The molecule has 2 N–H and O–H groups in total. The van der Waals surface area contributed by atoms with Gasteiger partial charge in [0.1, 0.15) is 0 Å². The highest BCUT2D eigenvalue weighted by Gasteiger charge is 2.25. The predicted molar refractivity (Wildman–Crippen MR) is 93.6 cm³/mol. The molecule has 1 aromatic heterocycles. The van der Waals surface area contributed by atoms with Crippen molar-refractivity contribution in [2.45, 2.75) is 31.7 Å². The van der Waals surface area contributed by atoms with Gasteiger partial charge in [-0.2, -0.15) is 5.10 Å². The van der Waals surface area contributed by atoms with Crippen molar-refractivity contribution in [2.75, 3.05) is 6.61 Å². The number of amides is 1. The molecule has 1 aliphatic rings. The lowest BCUT2D eigenvalue weighted by molar-refractivity contribution is -0.117. The van der Waals surface area contributed by atoms with Crippen molar-refractivity contribution < 1.29 is 9.90 Å². The van der Waals surface area contributed by atoms with Gasteiger partial charge in [0.05, 0.1) is 11.9 Å². The van der Waals surface area contributed by atoms with E-state index in [-0.39, 0.29) is 24.5 Å². The van der Waals surface area contributed by atoms with E-state index in [0.717, 1.165) is 36.9 Å². The van der Waals surface area contributed by atoms with Crippen molar-refractivity contribution >= 4 is 12.0 Å². The Morgan fingerprint density at radius 1 is 1.29 bits per heavy atom. The number of aromatic nitrogens is 2. The highest BCUT2D eigenvalue weighted by molar-refractivity contribution is 5.91. The summed E-state index contributed by atoms with van der Waals surface area (Å²) in [6, 6.07) is 9.91. The van der Waals surface area contributed by atoms with Crippen molar-refractivity contribution in [3.63, 3.8) is 0 Å². The molecule has 1 amide bonds. The standard InChI is InChI=1S/C19H23N3O2/c23-14-16-6-4-5-9-18(16)21-19(24)11-10-15-12-20-22(13-15)17-7-2-1-3-8-17/h1-3,7-8,10-13,16,18,23H,4-6,9,14H2,(H,21,24)/b11-10+. The lowest BCUT2D eigenvalue weighted by Crippen LogP contribution is -2.42. The molecular weight excluding hydrogens is 302 g/mol. The zero-order chi connectivity index (χ0) is 16.8. The maximum Gasteiger partial charge on any atom is 0.244 e. The molecule has 5 nitrogen and oxygen atoms in total. The molecule has 1 aromatic carbocycles.